The monoisotopic (exact) mass is 338 g/mol. The normalized spacial score (nSPS) is 15.3. The smallest absolute Gasteiger partial charge is 0.407 e. The summed E-state index contributed by atoms with van der Waals surface area (Å²) >= 11 is 0. The maximum absolute atomic E-state index is 10.8. The van der Waals surface area contributed by atoms with Crippen LogP contribution in [0.4, 0.5) is 10.6 Å². The molecule has 0 saturated carbocycles. The van der Waals surface area contributed by atoms with Crippen LogP contribution in [0.5, 0.6) is 5.75 Å². The predicted octanol–water partition coefficient (Wildman–Crippen LogP) is 0.839. The molecule has 1 saturated heterocycles. The van der Waals surface area contributed by atoms with Gasteiger partial charge in [0.25, 0.3) is 0 Å². The number of carbonyl (C=O) groups is 1. The lowest BCUT2D eigenvalue weighted by molar-refractivity contribution is 0.146. The number of amides is 1. The van der Waals surface area contributed by atoms with Gasteiger partial charge in [0.1, 0.15) is 18.2 Å². The summed E-state index contributed by atoms with van der Waals surface area (Å²) in [5, 5.41) is 8.87. The zero-order chi connectivity index (χ0) is 17.4. The molecule has 0 radical (unpaired) electrons. The van der Waals surface area contributed by atoms with Crippen molar-refractivity contribution in [2.75, 3.05) is 71.5 Å². The van der Waals surface area contributed by atoms with Crippen LogP contribution in [0.1, 0.15) is 0 Å². The standard InChI is InChI=1S/C16H26N4O4/c1-18(16(21)22)5-6-19-7-9-20(10-8-19)15-4-3-14(13-17-15)24-12-11-23-2/h3-4,13H,5-12H2,1-2H3,(H,21,22). The zero-order valence-corrected chi connectivity index (χ0v) is 14.3. The van der Waals surface area contributed by atoms with Gasteiger partial charge in [0, 0.05) is 53.4 Å². The fourth-order valence-electron chi connectivity index (χ4n) is 2.48. The van der Waals surface area contributed by atoms with Crippen LogP contribution in [0, 0.1) is 0 Å². The molecule has 1 N–H and O–H groups in total. The Morgan fingerprint density at radius 2 is 2.04 bits per heavy atom. The average Bonchev–Trinajstić information content (AvgIpc) is 2.61. The predicted molar refractivity (Wildman–Crippen MR) is 90.9 cm³/mol. The molecule has 1 aliphatic heterocycles. The molecule has 8 heteroatoms. The summed E-state index contributed by atoms with van der Waals surface area (Å²) in [4.78, 5) is 21.1. The highest BCUT2D eigenvalue weighted by atomic mass is 16.5. The van der Waals surface area contributed by atoms with Crippen LogP contribution < -0.4 is 9.64 Å². The molecule has 0 bridgehead atoms. The third kappa shape index (κ3) is 5.54. The Morgan fingerprint density at radius 3 is 2.62 bits per heavy atom. The molecule has 24 heavy (non-hydrogen) atoms. The number of methoxy groups -OCH3 is 1. The molecular formula is C16H26N4O4. The quantitative estimate of drug-likeness (QED) is 0.704. The van der Waals surface area contributed by atoms with Crippen LogP contribution in [-0.4, -0.2) is 92.6 Å². The molecular weight excluding hydrogens is 312 g/mol. The van der Waals surface area contributed by atoms with E-state index in [1.54, 1.807) is 20.4 Å². The molecule has 1 fully saturated rings. The molecule has 1 amide bonds. The zero-order valence-electron chi connectivity index (χ0n) is 14.3. The van der Waals surface area contributed by atoms with E-state index >= 15 is 0 Å². The van der Waals surface area contributed by atoms with Crippen LogP contribution in [0.15, 0.2) is 18.3 Å². The Balaban J connectivity index is 1.74. The SMILES string of the molecule is COCCOc1ccc(N2CCN(CCN(C)C(=O)O)CC2)nc1. The Labute approximate surface area is 142 Å². The average molecular weight is 338 g/mol. The van der Waals surface area contributed by atoms with E-state index in [1.807, 2.05) is 12.1 Å². The largest absolute Gasteiger partial charge is 0.490 e. The van der Waals surface area contributed by atoms with Crippen LogP contribution in [0.3, 0.4) is 0 Å². The minimum atomic E-state index is -0.884. The van der Waals surface area contributed by atoms with Crippen LogP contribution >= 0.6 is 0 Å². The summed E-state index contributed by atoms with van der Waals surface area (Å²) in [6, 6.07) is 3.89. The lowest BCUT2D eigenvalue weighted by Gasteiger charge is -2.35. The van der Waals surface area contributed by atoms with Crippen molar-refractivity contribution < 1.29 is 19.4 Å². The number of anilines is 1. The third-order valence-electron chi connectivity index (χ3n) is 4.05. The van der Waals surface area contributed by atoms with Gasteiger partial charge in [-0.05, 0) is 12.1 Å². The molecule has 1 aliphatic rings. The summed E-state index contributed by atoms with van der Waals surface area (Å²) in [6.45, 7) is 5.93. The van der Waals surface area contributed by atoms with E-state index in [1.165, 1.54) is 4.90 Å². The van der Waals surface area contributed by atoms with E-state index in [0.29, 0.717) is 19.8 Å². The summed E-state index contributed by atoms with van der Waals surface area (Å²) in [6.07, 6.45) is 0.852. The van der Waals surface area contributed by atoms with E-state index < -0.39 is 6.09 Å². The van der Waals surface area contributed by atoms with E-state index in [2.05, 4.69) is 14.8 Å². The van der Waals surface area contributed by atoms with Gasteiger partial charge in [-0.3, -0.25) is 4.90 Å². The fourth-order valence-corrected chi connectivity index (χ4v) is 2.48. The van der Waals surface area contributed by atoms with E-state index in [0.717, 1.165) is 44.3 Å². The second kappa shape index (κ2) is 9.29. The number of pyridine rings is 1. The van der Waals surface area contributed by atoms with Crippen molar-refractivity contribution in [1.29, 1.82) is 0 Å². The van der Waals surface area contributed by atoms with Crippen molar-refractivity contribution >= 4 is 11.9 Å². The van der Waals surface area contributed by atoms with Crippen molar-refractivity contribution in [3.05, 3.63) is 18.3 Å². The number of ether oxygens (including phenoxy) is 2. The number of aromatic nitrogens is 1. The molecule has 1 aromatic rings. The number of likely N-dealkylation sites (N-methyl/N-ethyl adjacent to an activating group) is 1. The summed E-state index contributed by atoms with van der Waals surface area (Å²) in [5.41, 5.74) is 0. The van der Waals surface area contributed by atoms with Crippen molar-refractivity contribution in [2.24, 2.45) is 0 Å². The van der Waals surface area contributed by atoms with Gasteiger partial charge in [0.05, 0.1) is 12.8 Å². The Hall–Kier alpha value is -2.06. The van der Waals surface area contributed by atoms with E-state index in [-0.39, 0.29) is 0 Å². The Kier molecular flexibility index (Phi) is 7.07. The van der Waals surface area contributed by atoms with Gasteiger partial charge in [-0.15, -0.1) is 0 Å². The highest BCUT2D eigenvalue weighted by Gasteiger charge is 2.18. The molecule has 1 aromatic heterocycles. The lowest BCUT2D eigenvalue weighted by atomic mass is 10.3. The lowest BCUT2D eigenvalue weighted by Crippen LogP contribution is -2.48. The first-order chi connectivity index (χ1) is 11.6. The molecule has 0 unspecified atom stereocenters. The number of piperazine rings is 1. The number of hydrogen-bond donors (Lipinski definition) is 1. The number of hydrogen-bond acceptors (Lipinski definition) is 6. The van der Waals surface area contributed by atoms with Crippen molar-refractivity contribution in [3.63, 3.8) is 0 Å². The van der Waals surface area contributed by atoms with Gasteiger partial charge < -0.3 is 24.4 Å². The van der Waals surface area contributed by atoms with Crippen molar-refractivity contribution in [3.8, 4) is 5.75 Å². The van der Waals surface area contributed by atoms with Crippen LogP contribution in [-0.2, 0) is 4.74 Å². The topological polar surface area (TPSA) is 78.4 Å². The second-order valence-electron chi connectivity index (χ2n) is 5.73. The van der Waals surface area contributed by atoms with Crippen molar-refractivity contribution in [1.82, 2.24) is 14.8 Å². The molecule has 0 aliphatic carbocycles. The highest BCUT2D eigenvalue weighted by Crippen LogP contribution is 2.17. The molecule has 0 aromatic carbocycles. The Morgan fingerprint density at radius 1 is 1.29 bits per heavy atom. The molecule has 0 atom stereocenters. The maximum atomic E-state index is 10.8. The minimum absolute atomic E-state index is 0.515. The van der Waals surface area contributed by atoms with E-state index in [4.69, 9.17) is 14.6 Å². The van der Waals surface area contributed by atoms with Gasteiger partial charge in [0.2, 0.25) is 0 Å². The highest BCUT2D eigenvalue weighted by molar-refractivity contribution is 5.64. The minimum Gasteiger partial charge on any atom is -0.490 e. The van der Waals surface area contributed by atoms with E-state index in [9.17, 15) is 4.79 Å². The van der Waals surface area contributed by atoms with Gasteiger partial charge >= 0.3 is 6.09 Å². The van der Waals surface area contributed by atoms with Gasteiger partial charge in [-0.25, -0.2) is 9.78 Å². The number of carboxylic acid groups (broad SMARTS) is 1. The van der Waals surface area contributed by atoms with Gasteiger partial charge in [-0.2, -0.15) is 0 Å². The van der Waals surface area contributed by atoms with Crippen LogP contribution in [0.25, 0.3) is 0 Å². The summed E-state index contributed by atoms with van der Waals surface area (Å²) in [7, 11) is 3.24. The first-order valence-electron chi connectivity index (χ1n) is 8.09. The maximum Gasteiger partial charge on any atom is 0.407 e. The van der Waals surface area contributed by atoms with Gasteiger partial charge in [0.15, 0.2) is 0 Å². The summed E-state index contributed by atoms with van der Waals surface area (Å²) in [5.74, 6) is 1.68. The van der Waals surface area contributed by atoms with Crippen molar-refractivity contribution in [2.45, 2.75) is 0 Å². The van der Waals surface area contributed by atoms with Gasteiger partial charge in [-0.1, -0.05) is 0 Å². The molecule has 134 valence electrons. The molecule has 2 rings (SSSR count). The number of nitrogens with zero attached hydrogens (tertiary/aromatic N) is 4. The van der Waals surface area contributed by atoms with Crippen LogP contribution in [0.2, 0.25) is 0 Å². The summed E-state index contributed by atoms with van der Waals surface area (Å²) < 4.78 is 10.5. The first kappa shape index (κ1) is 18.3. The second-order valence-corrected chi connectivity index (χ2v) is 5.73. The molecule has 2 heterocycles. The third-order valence-corrected chi connectivity index (χ3v) is 4.05. The molecule has 8 nitrogen and oxygen atoms in total. The number of rotatable bonds is 8. The first-order valence-corrected chi connectivity index (χ1v) is 8.09. The fraction of sp³-hybridized carbons (Fsp3) is 0.625. The molecule has 0 spiro atoms. The Bertz CT molecular complexity index is 503.